The molecule has 1 aromatic heterocycles. The number of aromatic nitrogens is 2. The first-order valence-electron chi connectivity index (χ1n) is 14.5. The standard InChI is InChI=1S/C40H26N2/c1-25-41-37-24-31(34-11-5-7-26-6-2-3-10-33(26)34)18-23-38(37)42(25)32-19-14-27(15-20-32)35-21-16-30-13-12-28-8-4-9-29-17-22-36(35)40(30)39(28)29/h2-24H,1H3. The van der Waals surface area contributed by atoms with Crippen LogP contribution in [0.1, 0.15) is 5.82 Å². The number of aryl methyl sites for hydroxylation is 1. The molecule has 0 bridgehead atoms. The molecule has 0 aliphatic carbocycles. The molecule has 2 heteroatoms. The zero-order valence-electron chi connectivity index (χ0n) is 23.2. The van der Waals surface area contributed by atoms with E-state index in [1.54, 1.807) is 0 Å². The molecule has 0 fully saturated rings. The smallest absolute Gasteiger partial charge is 0.111 e. The molecule has 0 spiro atoms. The maximum absolute atomic E-state index is 4.99. The Morgan fingerprint density at radius 1 is 0.476 bits per heavy atom. The van der Waals surface area contributed by atoms with Gasteiger partial charge < -0.3 is 0 Å². The zero-order chi connectivity index (χ0) is 27.8. The highest BCUT2D eigenvalue weighted by molar-refractivity contribution is 6.25. The Kier molecular flexibility index (Phi) is 4.85. The van der Waals surface area contributed by atoms with Crippen molar-refractivity contribution in [1.29, 1.82) is 0 Å². The number of imidazole rings is 1. The summed E-state index contributed by atoms with van der Waals surface area (Å²) in [4.78, 5) is 4.99. The van der Waals surface area contributed by atoms with Gasteiger partial charge in [0.05, 0.1) is 11.0 Å². The van der Waals surface area contributed by atoms with Crippen molar-refractivity contribution in [2.75, 3.05) is 0 Å². The molecule has 0 N–H and O–H groups in total. The van der Waals surface area contributed by atoms with Gasteiger partial charge >= 0.3 is 0 Å². The molecule has 42 heavy (non-hydrogen) atoms. The Morgan fingerprint density at radius 3 is 1.98 bits per heavy atom. The molecule has 196 valence electrons. The van der Waals surface area contributed by atoms with Gasteiger partial charge in [-0.1, -0.05) is 115 Å². The Labute approximate surface area is 243 Å². The average Bonchev–Trinajstić information content (AvgIpc) is 3.38. The Bertz CT molecular complexity index is 2440. The lowest BCUT2D eigenvalue weighted by molar-refractivity contribution is 1.00. The highest BCUT2D eigenvalue weighted by Gasteiger charge is 2.14. The molecule has 0 unspecified atom stereocenters. The predicted molar refractivity (Wildman–Crippen MR) is 178 cm³/mol. The lowest BCUT2D eigenvalue weighted by atomic mass is 9.90. The number of fused-ring (bicyclic) bond motifs is 2. The first kappa shape index (κ1) is 23.3. The summed E-state index contributed by atoms with van der Waals surface area (Å²) < 4.78 is 2.26. The lowest BCUT2D eigenvalue weighted by Gasteiger charge is -2.15. The van der Waals surface area contributed by atoms with Crippen molar-refractivity contribution in [2.45, 2.75) is 6.92 Å². The van der Waals surface area contributed by atoms with E-state index in [4.69, 9.17) is 4.98 Å². The van der Waals surface area contributed by atoms with E-state index in [1.807, 2.05) is 0 Å². The van der Waals surface area contributed by atoms with Gasteiger partial charge in [0.25, 0.3) is 0 Å². The van der Waals surface area contributed by atoms with Crippen LogP contribution in [0.25, 0.3) is 82.1 Å². The van der Waals surface area contributed by atoms with E-state index in [9.17, 15) is 0 Å². The van der Waals surface area contributed by atoms with Crippen LogP contribution in [0.4, 0.5) is 0 Å². The summed E-state index contributed by atoms with van der Waals surface area (Å²) in [6.07, 6.45) is 0. The quantitative estimate of drug-likeness (QED) is 0.206. The lowest BCUT2D eigenvalue weighted by Crippen LogP contribution is -1.96. The Morgan fingerprint density at radius 2 is 1.12 bits per heavy atom. The van der Waals surface area contributed by atoms with Gasteiger partial charge in [0.15, 0.2) is 0 Å². The molecule has 0 saturated carbocycles. The first-order valence-corrected chi connectivity index (χ1v) is 14.5. The van der Waals surface area contributed by atoms with Gasteiger partial charge in [-0.2, -0.15) is 0 Å². The Balaban J connectivity index is 1.14. The molecular formula is C40H26N2. The van der Waals surface area contributed by atoms with Crippen LogP contribution >= 0.6 is 0 Å². The van der Waals surface area contributed by atoms with E-state index in [1.165, 1.54) is 65.3 Å². The van der Waals surface area contributed by atoms with Gasteiger partial charge in [0.2, 0.25) is 0 Å². The minimum Gasteiger partial charge on any atom is -0.297 e. The second-order valence-corrected chi connectivity index (χ2v) is 11.2. The molecule has 9 rings (SSSR count). The van der Waals surface area contributed by atoms with Gasteiger partial charge in [0, 0.05) is 5.69 Å². The normalized spacial score (nSPS) is 11.9. The summed E-state index contributed by atoms with van der Waals surface area (Å²) >= 11 is 0. The number of hydrogen-bond donors (Lipinski definition) is 0. The molecule has 9 aromatic rings. The SMILES string of the molecule is Cc1nc2cc(-c3cccc4ccccc34)ccc2n1-c1ccc(-c2ccc3ccc4cccc5ccc2c3c45)cc1. The van der Waals surface area contributed by atoms with Crippen LogP contribution < -0.4 is 0 Å². The van der Waals surface area contributed by atoms with Crippen LogP contribution in [0.5, 0.6) is 0 Å². The van der Waals surface area contributed by atoms with Crippen molar-refractivity contribution < 1.29 is 0 Å². The van der Waals surface area contributed by atoms with Gasteiger partial charge in [0.1, 0.15) is 5.82 Å². The first-order chi connectivity index (χ1) is 20.7. The van der Waals surface area contributed by atoms with Crippen LogP contribution in [0.2, 0.25) is 0 Å². The maximum Gasteiger partial charge on any atom is 0.111 e. The minimum atomic E-state index is 0.982. The monoisotopic (exact) mass is 534 g/mol. The van der Waals surface area contributed by atoms with Crippen LogP contribution in [0, 0.1) is 6.92 Å². The maximum atomic E-state index is 4.99. The molecule has 0 amide bonds. The number of nitrogens with zero attached hydrogens (tertiary/aromatic N) is 2. The number of hydrogen-bond acceptors (Lipinski definition) is 1. The topological polar surface area (TPSA) is 17.8 Å². The van der Waals surface area contributed by atoms with Crippen LogP contribution in [0.15, 0.2) is 140 Å². The van der Waals surface area contributed by atoms with Crippen LogP contribution in [-0.4, -0.2) is 9.55 Å². The summed E-state index contributed by atoms with van der Waals surface area (Å²) in [7, 11) is 0. The summed E-state index contributed by atoms with van der Waals surface area (Å²) in [6, 6.07) is 50.8. The minimum absolute atomic E-state index is 0.982. The molecule has 0 aliphatic heterocycles. The van der Waals surface area contributed by atoms with Gasteiger partial charge in [-0.15, -0.1) is 0 Å². The van der Waals surface area contributed by atoms with Crippen molar-refractivity contribution in [1.82, 2.24) is 9.55 Å². The fourth-order valence-electron chi connectivity index (χ4n) is 6.95. The van der Waals surface area contributed by atoms with E-state index in [0.717, 1.165) is 22.5 Å². The predicted octanol–water partition coefficient (Wildman–Crippen LogP) is 10.7. The van der Waals surface area contributed by atoms with Crippen LogP contribution in [0.3, 0.4) is 0 Å². The van der Waals surface area contributed by atoms with Crippen molar-refractivity contribution in [3.63, 3.8) is 0 Å². The summed E-state index contributed by atoms with van der Waals surface area (Å²) in [6.45, 7) is 2.09. The third-order valence-electron chi connectivity index (χ3n) is 8.89. The van der Waals surface area contributed by atoms with E-state index in [2.05, 4.69) is 151 Å². The molecule has 8 aromatic carbocycles. The molecule has 0 atom stereocenters. The van der Waals surface area contributed by atoms with Crippen molar-refractivity contribution in [2.24, 2.45) is 0 Å². The summed E-state index contributed by atoms with van der Waals surface area (Å²) in [5.74, 6) is 0.982. The third kappa shape index (κ3) is 3.36. The fraction of sp³-hybridized carbons (Fsp3) is 0.0250. The van der Waals surface area contributed by atoms with Crippen molar-refractivity contribution in [3.8, 4) is 27.9 Å². The highest BCUT2D eigenvalue weighted by Crippen LogP contribution is 2.39. The van der Waals surface area contributed by atoms with E-state index in [-0.39, 0.29) is 0 Å². The molecule has 1 heterocycles. The van der Waals surface area contributed by atoms with E-state index < -0.39 is 0 Å². The van der Waals surface area contributed by atoms with Gasteiger partial charge in [-0.3, -0.25) is 4.57 Å². The fourth-order valence-corrected chi connectivity index (χ4v) is 6.95. The number of rotatable bonds is 3. The van der Waals surface area contributed by atoms with E-state index in [0.29, 0.717) is 0 Å². The molecular weight excluding hydrogens is 508 g/mol. The molecule has 0 saturated heterocycles. The average molecular weight is 535 g/mol. The van der Waals surface area contributed by atoms with Gasteiger partial charge in [-0.25, -0.2) is 4.98 Å². The zero-order valence-corrected chi connectivity index (χ0v) is 23.2. The van der Waals surface area contributed by atoms with Crippen molar-refractivity contribution >= 4 is 54.1 Å². The molecule has 0 radical (unpaired) electrons. The highest BCUT2D eigenvalue weighted by atomic mass is 15.1. The van der Waals surface area contributed by atoms with Crippen molar-refractivity contribution in [3.05, 3.63) is 145 Å². The second kappa shape index (κ2) is 8.76. The summed E-state index contributed by atoms with van der Waals surface area (Å²) in [5, 5.41) is 10.4. The second-order valence-electron chi connectivity index (χ2n) is 11.2. The third-order valence-corrected chi connectivity index (χ3v) is 8.89. The van der Waals surface area contributed by atoms with Gasteiger partial charge in [-0.05, 0) is 96.5 Å². The summed E-state index contributed by atoms with van der Waals surface area (Å²) in [5.41, 5.74) is 8.15. The largest absolute Gasteiger partial charge is 0.297 e. The number of benzene rings is 8. The van der Waals surface area contributed by atoms with Crippen LogP contribution in [-0.2, 0) is 0 Å². The molecule has 0 aliphatic rings. The van der Waals surface area contributed by atoms with E-state index >= 15 is 0 Å². The molecule has 2 nitrogen and oxygen atoms in total. The Hall–Kier alpha value is -5.47.